The van der Waals surface area contributed by atoms with E-state index in [0.29, 0.717) is 6.07 Å². The number of nitro groups is 1. The third-order valence-electron chi connectivity index (χ3n) is 2.30. The molecule has 0 aliphatic carbocycles. The number of nitro benzene ring substituents is 1. The lowest BCUT2D eigenvalue weighted by molar-refractivity contribution is -0.385. The van der Waals surface area contributed by atoms with Gasteiger partial charge in [-0.2, -0.15) is 13.2 Å². The topological polar surface area (TPSA) is 69.4 Å². The van der Waals surface area contributed by atoms with Gasteiger partial charge in [0.1, 0.15) is 6.61 Å². The SMILES string of the molecule is COCC(=O)Cc1ccc([N+](=O)[O-])cc1C(F)(F)F. The Morgan fingerprint density at radius 1 is 1.42 bits per heavy atom. The molecule has 0 atom stereocenters. The Balaban J connectivity index is 3.17. The number of hydrogen-bond donors (Lipinski definition) is 0. The molecule has 1 aromatic carbocycles. The molecule has 0 aromatic heterocycles. The summed E-state index contributed by atoms with van der Waals surface area (Å²) in [5, 5.41) is 10.5. The summed E-state index contributed by atoms with van der Waals surface area (Å²) in [6.45, 7) is -0.311. The average molecular weight is 277 g/mol. The number of methoxy groups -OCH3 is 1. The molecule has 0 saturated carbocycles. The molecule has 8 heteroatoms. The average Bonchev–Trinajstić information content (AvgIpc) is 2.27. The second-order valence-corrected chi connectivity index (χ2v) is 3.74. The highest BCUT2D eigenvalue weighted by molar-refractivity contribution is 5.82. The molecule has 0 spiro atoms. The van der Waals surface area contributed by atoms with Crippen molar-refractivity contribution >= 4 is 11.5 Å². The Bertz CT molecular complexity index is 499. The van der Waals surface area contributed by atoms with Crippen LogP contribution in [0.4, 0.5) is 18.9 Å². The molecule has 0 radical (unpaired) electrons. The molecule has 0 aliphatic rings. The van der Waals surface area contributed by atoms with Crippen LogP contribution in [0.5, 0.6) is 0 Å². The van der Waals surface area contributed by atoms with Crippen molar-refractivity contribution in [3.63, 3.8) is 0 Å². The fourth-order valence-corrected chi connectivity index (χ4v) is 1.52. The Morgan fingerprint density at radius 2 is 2.05 bits per heavy atom. The van der Waals surface area contributed by atoms with Crippen molar-refractivity contribution in [1.82, 2.24) is 0 Å². The monoisotopic (exact) mass is 277 g/mol. The van der Waals surface area contributed by atoms with Gasteiger partial charge in [-0.05, 0) is 5.56 Å². The number of halogens is 3. The first kappa shape index (κ1) is 15.1. The van der Waals surface area contributed by atoms with Crippen LogP contribution in [0.1, 0.15) is 11.1 Å². The first-order valence-corrected chi connectivity index (χ1v) is 5.11. The molecular formula is C11H10F3NO4. The van der Waals surface area contributed by atoms with Gasteiger partial charge in [-0.15, -0.1) is 0 Å². The number of hydrogen-bond acceptors (Lipinski definition) is 4. The van der Waals surface area contributed by atoms with Gasteiger partial charge < -0.3 is 4.74 Å². The van der Waals surface area contributed by atoms with Crippen LogP contribution in [0.15, 0.2) is 18.2 Å². The smallest absolute Gasteiger partial charge is 0.377 e. The highest BCUT2D eigenvalue weighted by Crippen LogP contribution is 2.34. The molecule has 0 saturated heterocycles. The molecule has 0 bridgehead atoms. The maximum Gasteiger partial charge on any atom is 0.416 e. The van der Waals surface area contributed by atoms with E-state index in [1.165, 1.54) is 7.11 Å². The highest BCUT2D eigenvalue weighted by atomic mass is 19.4. The summed E-state index contributed by atoms with van der Waals surface area (Å²) in [6.07, 6.45) is -5.24. The molecule has 104 valence electrons. The predicted octanol–water partition coefficient (Wildman–Crippen LogP) is 2.37. The maximum absolute atomic E-state index is 12.8. The van der Waals surface area contributed by atoms with Gasteiger partial charge in [-0.25, -0.2) is 0 Å². The van der Waals surface area contributed by atoms with E-state index in [1.807, 2.05) is 0 Å². The fourth-order valence-electron chi connectivity index (χ4n) is 1.52. The second-order valence-electron chi connectivity index (χ2n) is 3.74. The number of carbonyl (C=O) groups is 1. The van der Waals surface area contributed by atoms with Crippen LogP contribution in [0.2, 0.25) is 0 Å². The zero-order valence-corrected chi connectivity index (χ0v) is 9.86. The number of benzene rings is 1. The summed E-state index contributed by atoms with van der Waals surface area (Å²) in [6, 6.07) is 2.30. The molecular weight excluding hydrogens is 267 g/mol. The van der Waals surface area contributed by atoms with Gasteiger partial charge in [0.15, 0.2) is 5.78 Å². The van der Waals surface area contributed by atoms with E-state index in [4.69, 9.17) is 0 Å². The Hall–Kier alpha value is -1.96. The minimum atomic E-state index is -4.76. The van der Waals surface area contributed by atoms with Gasteiger partial charge in [-0.3, -0.25) is 14.9 Å². The largest absolute Gasteiger partial charge is 0.416 e. The van der Waals surface area contributed by atoms with Crippen LogP contribution in [-0.4, -0.2) is 24.4 Å². The van der Waals surface area contributed by atoms with E-state index in [1.54, 1.807) is 0 Å². The summed E-state index contributed by atoms with van der Waals surface area (Å²) in [4.78, 5) is 20.8. The number of ketones is 1. The molecule has 0 heterocycles. The van der Waals surface area contributed by atoms with Crippen molar-refractivity contribution < 1.29 is 27.6 Å². The van der Waals surface area contributed by atoms with Gasteiger partial charge in [0, 0.05) is 25.7 Å². The first-order valence-electron chi connectivity index (χ1n) is 5.11. The molecule has 1 aromatic rings. The van der Waals surface area contributed by atoms with Crippen molar-refractivity contribution in [1.29, 1.82) is 0 Å². The number of rotatable bonds is 5. The van der Waals surface area contributed by atoms with E-state index in [2.05, 4.69) is 4.74 Å². The normalized spacial score (nSPS) is 11.4. The standard InChI is InChI=1S/C11H10F3NO4/c1-19-6-9(16)4-7-2-3-8(15(17)18)5-10(7)11(12,13)14/h2-3,5H,4,6H2,1H3. The quantitative estimate of drug-likeness (QED) is 0.612. The van der Waals surface area contributed by atoms with Crippen molar-refractivity contribution in [2.24, 2.45) is 0 Å². The van der Waals surface area contributed by atoms with Gasteiger partial charge in [0.05, 0.1) is 10.5 Å². The molecule has 0 unspecified atom stereocenters. The number of Topliss-reactive ketones (excluding diaryl/α,β-unsaturated/α-hetero) is 1. The lowest BCUT2D eigenvalue weighted by Crippen LogP contribution is -2.15. The van der Waals surface area contributed by atoms with Crippen LogP contribution in [0, 0.1) is 10.1 Å². The Labute approximate surface area is 106 Å². The number of ether oxygens (including phenoxy) is 1. The van der Waals surface area contributed by atoms with Crippen LogP contribution in [0.3, 0.4) is 0 Å². The highest BCUT2D eigenvalue weighted by Gasteiger charge is 2.35. The molecule has 19 heavy (non-hydrogen) atoms. The molecule has 0 amide bonds. The van der Waals surface area contributed by atoms with Gasteiger partial charge in [0.2, 0.25) is 0 Å². The summed E-state index contributed by atoms with van der Waals surface area (Å²) >= 11 is 0. The fraction of sp³-hybridized carbons (Fsp3) is 0.364. The second kappa shape index (κ2) is 5.79. The van der Waals surface area contributed by atoms with Crippen LogP contribution < -0.4 is 0 Å². The zero-order chi connectivity index (χ0) is 14.6. The molecule has 0 N–H and O–H groups in total. The molecule has 0 fully saturated rings. The molecule has 1 rings (SSSR count). The van der Waals surface area contributed by atoms with Crippen molar-refractivity contribution in [3.8, 4) is 0 Å². The van der Waals surface area contributed by atoms with Crippen molar-refractivity contribution in [2.45, 2.75) is 12.6 Å². The van der Waals surface area contributed by atoms with E-state index in [9.17, 15) is 28.1 Å². The number of nitrogens with zero attached hydrogens (tertiary/aromatic N) is 1. The van der Waals surface area contributed by atoms with Gasteiger partial charge >= 0.3 is 6.18 Å². The van der Waals surface area contributed by atoms with E-state index in [-0.39, 0.29) is 12.2 Å². The van der Waals surface area contributed by atoms with Gasteiger partial charge in [-0.1, -0.05) is 6.07 Å². The molecule has 0 aliphatic heterocycles. The number of carbonyl (C=O) groups excluding carboxylic acids is 1. The number of alkyl halides is 3. The zero-order valence-electron chi connectivity index (χ0n) is 9.86. The van der Waals surface area contributed by atoms with Crippen molar-refractivity contribution in [3.05, 3.63) is 39.4 Å². The summed E-state index contributed by atoms with van der Waals surface area (Å²) in [5.74, 6) is -0.540. The Kier molecular flexibility index (Phi) is 4.60. The summed E-state index contributed by atoms with van der Waals surface area (Å²) in [7, 11) is 1.25. The van der Waals surface area contributed by atoms with Crippen molar-refractivity contribution in [2.75, 3.05) is 13.7 Å². The Morgan fingerprint density at radius 3 is 2.53 bits per heavy atom. The third-order valence-corrected chi connectivity index (χ3v) is 2.30. The van der Waals surface area contributed by atoms with E-state index < -0.39 is 34.6 Å². The molecule has 5 nitrogen and oxygen atoms in total. The van der Waals surface area contributed by atoms with Crippen LogP contribution in [0.25, 0.3) is 0 Å². The summed E-state index contributed by atoms with van der Waals surface area (Å²) < 4.78 is 42.8. The first-order chi connectivity index (χ1) is 8.75. The maximum atomic E-state index is 12.8. The van der Waals surface area contributed by atoms with E-state index in [0.717, 1.165) is 12.1 Å². The van der Waals surface area contributed by atoms with Crippen LogP contribution >= 0.6 is 0 Å². The minimum Gasteiger partial charge on any atom is -0.377 e. The van der Waals surface area contributed by atoms with E-state index >= 15 is 0 Å². The third kappa shape index (κ3) is 4.02. The number of non-ortho nitro benzene ring substituents is 1. The van der Waals surface area contributed by atoms with Crippen LogP contribution in [-0.2, 0) is 22.1 Å². The lowest BCUT2D eigenvalue weighted by Gasteiger charge is -2.12. The summed E-state index contributed by atoms with van der Waals surface area (Å²) in [5.41, 5.74) is -2.15. The van der Waals surface area contributed by atoms with Gasteiger partial charge in [0.25, 0.3) is 5.69 Å². The minimum absolute atomic E-state index is 0.305. The predicted molar refractivity (Wildman–Crippen MR) is 58.7 cm³/mol. The lowest BCUT2D eigenvalue weighted by atomic mass is 10.0.